The molecule has 5 nitrogen and oxygen atoms in total. The van der Waals surface area contributed by atoms with Gasteiger partial charge >= 0.3 is 5.97 Å². The van der Waals surface area contributed by atoms with Gasteiger partial charge in [0.15, 0.2) is 0 Å². The summed E-state index contributed by atoms with van der Waals surface area (Å²) >= 11 is 0. The minimum Gasteiger partial charge on any atom is -0.478 e. The summed E-state index contributed by atoms with van der Waals surface area (Å²) in [6.07, 6.45) is 1.47. The standard InChI is InChI=1S/C12H15NO4S/c1-4-7-13(3)18(16,17)11-8-10(12(14)15)6-5-9(11)2/h4-6,8H,1,7H2,2-3H3,(H,14,15). The molecule has 0 saturated heterocycles. The van der Waals surface area contributed by atoms with Gasteiger partial charge in [-0.25, -0.2) is 13.2 Å². The van der Waals surface area contributed by atoms with Gasteiger partial charge in [0, 0.05) is 13.6 Å². The highest BCUT2D eigenvalue weighted by atomic mass is 32.2. The van der Waals surface area contributed by atoms with Gasteiger partial charge in [-0.05, 0) is 24.6 Å². The fourth-order valence-corrected chi connectivity index (χ4v) is 2.85. The van der Waals surface area contributed by atoms with E-state index >= 15 is 0 Å². The Labute approximate surface area is 106 Å². The zero-order valence-electron chi connectivity index (χ0n) is 10.3. The molecular formula is C12H15NO4S. The van der Waals surface area contributed by atoms with Crippen molar-refractivity contribution in [3.63, 3.8) is 0 Å². The number of benzene rings is 1. The second kappa shape index (κ2) is 5.32. The smallest absolute Gasteiger partial charge is 0.335 e. The summed E-state index contributed by atoms with van der Waals surface area (Å²) < 4.78 is 25.5. The van der Waals surface area contributed by atoms with Gasteiger partial charge in [0.25, 0.3) is 0 Å². The highest BCUT2D eigenvalue weighted by Gasteiger charge is 2.23. The summed E-state index contributed by atoms with van der Waals surface area (Å²) in [5, 5.41) is 8.88. The van der Waals surface area contributed by atoms with Crippen LogP contribution in [0.3, 0.4) is 0 Å². The van der Waals surface area contributed by atoms with Crippen LogP contribution in [0.5, 0.6) is 0 Å². The lowest BCUT2D eigenvalue weighted by atomic mass is 10.1. The Bertz CT molecular complexity index is 578. The molecule has 0 aliphatic rings. The van der Waals surface area contributed by atoms with E-state index in [9.17, 15) is 13.2 Å². The molecule has 0 heterocycles. The highest BCUT2D eigenvalue weighted by molar-refractivity contribution is 7.89. The first-order valence-electron chi connectivity index (χ1n) is 5.22. The number of hydrogen-bond donors (Lipinski definition) is 1. The molecule has 1 rings (SSSR count). The average molecular weight is 269 g/mol. The molecule has 0 aliphatic heterocycles. The maximum atomic E-state index is 12.2. The van der Waals surface area contributed by atoms with Crippen LogP contribution in [0, 0.1) is 6.92 Å². The molecule has 0 spiro atoms. The summed E-state index contributed by atoms with van der Waals surface area (Å²) in [7, 11) is -2.27. The third-order valence-corrected chi connectivity index (χ3v) is 4.47. The number of hydrogen-bond acceptors (Lipinski definition) is 3. The van der Waals surface area contributed by atoms with E-state index in [0.29, 0.717) is 5.56 Å². The number of carbonyl (C=O) groups is 1. The van der Waals surface area contributed by atoms with Crippen LogP contribution in [0.15, 0.2) is 35.7 Å². The molecular weight excluding hydrogens is 254 g/mol. The predicted molar refractivity (Wildman–Crippen MR) is 68.2 cm³/mol. The van der Waals surface area contributed by atoms with Crippen molar-refractivity contribution < 1.29 is 18.3 Å². The molecule has 0 atom stereocenters. The summed E-state index contributed by atoms with van der Waals surface area (Å²) in [5.74, 6) is -1.15. The summed E-state index contributed by atoms with van der Waals surface area (Å²) in [4.78, 5) is 10.9. The third-order valence-electron chi connectivity index (χ3n) is 2.51. The molecule has 0 radical (unpaired) electrons. The zero-order valence-corrected chi connectivity index (χ0v) is 11.1. The van der Waals surface area contributed by atoms with Crippen LogP contribution < -0.4 is 0 Å². The maximum Gasteiger partial charge on any atom is 0.335 e. The van der Waals surface area contributed by atoms with E-state index in [0.717, 1.165) is 4.31 Å². The van der Waals surface area contributed by atoms with E-state index in [2.05, 4.69) is 6.58 Å². The van der Waals surface area contributed by atoms with Gasteiger partial charge in [0.05, 0.1) is 10.5 Å². The van der Waals surface area contributed by atoms with Gasteiger partial charge < -0.3 is 5.11 Å². The Kier molecular flexibility index (Phi) is 4.26. The van der Waals surface area contributed by atoms with Gasteiger partial charge in [-0.15, -0.1) is 6.58 Å². The molecule has 0 fully saturated rings. The number of carboxylic acids is 1. The van der Waals surface area contributed by atoms with Gasteiger partial charge in [-0.2, -0.15) is 4.31 Å². The molecule has 1 aromatic rings. The third kappa shape index (κ3) is 2.77. The zero-order chi connectivity index (χ0) is 13.9. The molecule has 1 aromatic carbocycles. The Morgan fingerprint density at radius 3 is 2.61 bits per heavy atom. The van der Waals surface area contributed by atoms with E-state index in [1.807, 2.05) is 0 Å². The maximum absolute atomic E-state index is 12.2. The Hall–Kier alpha value is -1.66. The van der Waals surface area contributed by atoms with Crippen LogP contribution in [-0.2, 0) is 10.0 Å². The van der Waals surface area contributed by atoms with Crippen LogP contribution in [-0.4, -0.2) is 37.4 Å². The highest BCUT2D eigenvalue weighted by Crippen LogP contribution is 2.20. The molecule has 0 aliphatic carbocycles. The van der Waals surface area contributed by atoms with Crippen molar-refractivity contribution in [2.45, 2.75) is 11.8 Å². The Morgan fingerprint density at radius 1 is 1.50 bits per heavy atom. The summed E-state index contributed by atoms with van der Waals surface area (Å²) in [6.45, 7) is 5.27. The fourth-order valence-electron chi connectivity index (χ4n) is 1.46. The average Bonchev–Trinajstić information content (AvgIpc) is 2.29. The van der Waals surface area contributed by atoms with E-state index in [-0.39, 0.29) is 17.0 Å². The van der Waals surface area contributed by atoms with Crippen molar-refractivity contribution in [3.8, 4) is 0 Å². The van der Waals surface area contributed by atoms with Crippen molar-refractivity contribution in [1.82, 2.24) is 4.31 Å². The first-order valence-corrected chi connectivity index (χ1v) is 6.66. The number of likely N-dealkylation sites (N-methyl/N-ethyl adjacent to an activating group) is 1. The lowest BCUT2D eigenvalue weighted by molar-refractivity contribution is 0.0696. The lowest BCUT2D eigenvalue weighted by Gasteiger charge is -2.17. The van der Waals surface area contributed by atoms with Crippen molar-refractivity contribution in [2.24, 2.45) is 0 Å². The lowest BCUT2D eigenvalue weighted by Crippen LogP contribution is -2.27. The quantitative estimate of drug-likeness (QED) is 0.822. The number of nitrogens with zero attached hydrogens (tertiary/aromatic N) is 1. The number of aryl methyl sites for hydroxylation is 1. The van der Waals surface area contributed by atoms with Crippen molar-refractivity contribution in [1.29, 1.82) is 0 Å². The predicted octanol–water partition coefficient (Wildman–Crippen LogP) is 1.50. The van der Waals surface area contributed by atoms with E-state index in [1.54, 1.807) is 6.92 Å². The summed E-state index contributed by atoms with van der Waals surface area (Å²) in [5.41, 5.74) is 0.460. The number of carboxylic acid groups (broad SMARTS) is 1. The van der Waals surface area contributed by atoms with Gasteiger partial charge in [0.2, 0.25) is 10.0 Å². The second-order valence-electron chi connectivity index (χ2n) is 3.86. The molecule has 0 bridgehead atoms. The number of rotatable bonds is 5. The van der Waals surface area contributed by atoms with Gasteiger partial charge in [-0.1, -0.05) is 12.1 Å². The van der Waals surface area contributed by atoms with E-state index in [1.165, 1.54) is 31.3 Å². The number of sulfonamides is 1. The molecule has 0 aromatic heterocycles. The minimum absolute atomic E-state index is 0.00625. The van der Waals surface area contributed by atoms with Crippen molar-refractivity contribution >= 4 is 16.0 Å². The second-order valence-corrected chi connectivity index (χ2v) is 5.87. The van der Waals surface area contributed by atoms with Crippen LogP contribution in [0.2, 0.25) is 0 Å². The fraction of sp³-hybridized carbons (Fsp3) is 0.250. The minimum atomic E-state index is -3.69. The van der Waals surface area contributed by atoms with Crippen LogP contribution >= 0.6 is 0 Å². The van der Waals surface area contributed by atoms with Crippen LogP contribution in [0.1, 0.15) is 15.9 Å². The molecule has 6 heteroatoms. The first-order chi connectivity index (χ1) is 8.30. The Balaban J connectivity index is 3.35. The van der Waals surface area contributed by atoms with Gasteiger partial charge in [-0.3, -0.25) is 0 Å². The van der Waals surface area contributed by atoms with E-state index in [4.69, 9.17) is 5.11 Å². The molecule has 0 unspecified atom stereocenters. The molecule has 0 amide bonds. The van der Waals surface area contributed by atoms with Crippen LogP contribution in [0.4, 0.5) is 0 Å². The molecule has 0 saturated carbocycles. The van der Waals surface area contributed by atoms with E-state index < -0.39 is 16.0 Å². The van der Waals surface area contributed by atoms with Crippen molar-refractivity contribution in [2.75, 3.05) is 13.6 Å². The molecule has 98 valence electrons. The topological polar surface area (TPSA) is 74.7 Å². The first kappa shape index (κ1) is 14.4. The molecule has 1 N–H and O–H groups in total. The monoisotopic (exact) mass is 269 g/mol. The van der Waals surface area contributed by atoms with Crippen molar-refractivity contribution in [3.05, 3.63) is 42.0 Å². The largest absolute Gasteiger partial charge is 0.478 e. The summed E-state index contributed by atoms with van der Waals surface area (Å²) in [6, 6.07) is 4.04. The Morgan fingerprint density at radius 2 is 2.11 bits per heavy atom. The molecule has 18 heavy (non-hydrogen) atoms. The normalized spacial score (nSPS) is 11.5. The number of aromatic carboxylic acids is 1. The SMILES string of the molecule is C=CCN(C)S(=O)(=O)c1cc(C(=O)O)ccc1C. The van der Waals surface area contributed by atoms with Crippen LogP contribution in [0.25, 0.3) is 0 Å². The van der Waals surface area contributed by atoms with Gasteiger partial charge in [0.1, 0.15) is 0 Å².